The molecule has 0 aliphatic carbocycles. The van der Waals surface area contributed by atoms with Gasteiger partial charge in [0.15, 0.2) is 0 Å². The van der Waals surface area contributed by atoms with Crippen LogP contribution in [0.25, 0.3) is 0 Å². The number of aliphatic hydroxyl groups is 3. The minimum atomic E-state index is -0.954. The number of carbonyl (C=O) groups excluding carboxylic acids is 1. The molecule has 0 aliphatic rings. The molecule has 0 atom stereocenters. The highest BCUT2D eigenvalue weighted by Crippen LogP contribution is 2.14. The molecule has 5 nitrogen and oxygen atoms in total. The van der Waals surface area contributed by atoms with E-state index in [1.807, 2.05) is 0 Å². The average molecular weight is 447 g/mol. The molecule has 0 spiro atoms. The lowest BCUT2D eigenvalue weighted by Gasteiger charge is -2.04. The molecule has 0 unspecified atom stereocenters. The molecule has 3 N–H and O–H groups in total. The Balaban J connectivity index is 0. The van der Waals surface area contributed by atoms with Gasteiger partial charge in [-0.05, 0) is 6.42 Å². The molecule has 0 saturated heterocycles. The first-order chi connectivity index (χ1) is 15.1. The molecule has 0 rings (SSSR count). The fraction of sp³-hybridized carbons (Fsp3) is 0.962. The minimum absolute atomic E-state index is 0.0630. The number of carbonyl (C=O) groups is 1. The van der Waals surface area contributed by atoms with E-state index in [9.17, 15) is 4.79 Å². The lowest BCUT2D eigenvalue weighted by Crippen LogP contribution is -2.15. The van der Waals surface area contributed by atoms with Crippen LogP contribution in [0.2, 0.25) is 0 Å². The van der Waals surface area contributed by atoms with E-state index < -0.39 is 6.10 Å². The number of ether oxygens (including phenoxy) is 1. The normalized spacial score (nSPS) is 10.8. The summed E-state index contributed by atoms with van der Waals surface area (Å²) < 4.78 is 4.65. The van der Waals surface area contributed by atoms with Crippen LogP contribution in [0.1, 0.15) is 135 Å². The van der Waals surface area contributed by atoms with E-state index >= 15 is 0 Å². The Hall–Kier alpha value is -0.650. The van der Waals surface area contributed by atoms with Crippen molar-refractivity contribution in [1.82, 2.24) is 0 Å². The third kappa shape index (κ3) is 31.6. The summed E-state index contributed by atoms with van der Waals surface area (Å²) in [4.78, 5) is 11.0. The van der Waals surface area contributed by atoms with Crippen molar-refractivity contribution in [1.29, 1.82) is 0 Å². The zero-order chi connectivity index (χ0) is 23.4. The van der Waals surface area contributed by atoms with Gasteiger partial charge in [-0.2, -0.15) is 0 Å². The molecule has 0 saturated carbocycles. The van der Waals surface area contributed by atoms with E-state index in [0.29, 0.717) is 6.42 Å². The van der Waals surface area contributed by atoms with Crippen LogP contribution >= 0.6 is 0 Å². The Labute approximate surface area is 193 Å². The summed E-state index contributed by atoms with van der Waals surface area (Å²) in [5.41, 5.74) is 0. The summed E-state index contributed by atoms with van der Waals surface area (Å²) in [5.74, 6) is -0.0630. The summed E-state index contributed by atoms with van der Waals surface area (Å²) in [6.07, 6.45) is 25.9. The highest BCUT2D eigenvalue weighted by Gasteiger charge is 1.99. The molecule has 0 bridgehead atoms. The Bertz CT molecular complexity index is 332. The summed E-state index contributed by atoms with van der Waals surface area (Å²) in [7, 11) is 1.47. The van der Waals surface area contributed by atoms with Crippen molar-refractivity contribution in [3.05, 3.63) is 0 Å². The largest absolute Gasteiger partial charge is 0.469 e. The van der Waals surface area contributed by atoms with Gasteiger partial charge in [-0.15, -0.1) is 0 Å². The monoisotopic (exact) mass is 446 g/mol. The van der Waals surface area contributed by atoms with Gasteiger partial charge in [-0.3, -0.25) is 4.79 Å². The predicted molar refractivity (Wildman–Crippen MR) is 130 cm³/mol. The number of rotatable bonds is 22. The maximum absolute atomic E-state index is 11.0. The molecule has 0 heterocycles. The standard InChI is InChI=1S/C23H46O2.C3H8O3/c1-3-4-5-6-7-8-9-10-11-12-13-14-15-16-17-18-19-20-21-22-23(24)25-2;4-1-3(6)2-5/h3-22H2,1-2H3;3-6H,1-2H2. The van der Waals surface area contributed by atoms with Gasteiger partial charge in [0.25, 0.3) is 0 Å². The zero-order valence-electron chi connectivity index (χ0n) is 20.8. The predicted octanol–water partition coefficient (Wildman–Crippen LogP) is 6.31. The van der Waals surface area contributed by atoms with Crippen LogP contribution in [-0.4, -0.2) is 47.7 Å². The molecule has 0 aliphatic heterocycles. The average Bonchev–Trinajstić information content (AvgIpc) is 2.80. The third-order valence-electron chi connectivity index (χ3n) is 5.63. The van der Waals surface area contributed by atoms with Crippen LogP contribution in [0.5, 0.6) is 0 Å². The number of unbranched alkanes of at least 4 members (excludes halogenated alkanes) is 18. The Morgan fingerprint density at radius 1 is 0.613 bits per heavy atom. The van der Waals surface area contributed by atoms with Crippen LogP contribution < -0.4 is 0 Å². The van der Waals surface area contributed by atoms with Gasteiger partial charge >= 0.3 is 5.97 Å². The molecular formula is C26H54O5. The second kappa shape index (κ2) is 29.4. The van der Waals surface area contributed by atoms with Crippen molar-refractivity contribution >= 4 is 5.97 Å². The van der Waals surface area contributed by atoms with E-state index in [2.05, 4.69) is 11.7 Å². The van der Waals surface area contributed by atoms with Crippen molar-refractivity contribution in [3.63, 3.8) is 0 Å². The second-order valence-electron chi connectivity index (χ2n) is 8.71. The fourth-order valence-corrected chi connectivity index (χ4v) is 3.51. The van der Waals surface area contributed by atoms with Crippen molar-refractivity contribution in [3.8, 4) is 0 Å². The van der Waals surface area contributed by atoms with E-state index in [0.717, 1.165) is 6.42 Å². The quantitative estimate of drug-likeness (QED) is 0.134. The first-order valence-electron chi connectivity index (χ1n) is 13.1. The van der Waals surface area contributed by atoms with Crippen molar-refractivity contribution in [2.24, 2.45) is 0 Å². The third-order valence-corrected chi connectivity index (χ3v) is 5.63. The topological polar surface area (TPSA) is 87.0 Å². The molecular weight excluding hydrogens is 392 g/mol. The highest BCUT2D eigenvalue weighted by molar-refractivity contribution is 5.68. The first kappa shape index (κ1) is 32.5. The number of aliphatic hydroxyl groups excluding tert-OH is 3. The van der Waals surface area contributed by atoms with E-state index in [1.165, 1.54) is 123 Å². The molecule has 0 aromatic rings. The summed E-state index contributed by atoms with van der Waals surface area (Å²) in [5, 5.41) is 24.0. The lowest BCUT2D eigenvalue weighted by atomic mass is 10.0. The minimum Gasteiger partial charge on any atom is -0.469 e. The highest BCUT2D eigenvalue weighted by atomic mass is 16.5. The van der Waals surface area contributed by atoms with Crippen LogP contribution in [0.15, 0.2) is 0 Å². The van der Waals surface area contributed by atoms with Crippen LogP contribution in [0.4, 0.5) is 0 Å². The molecule has 0 radical (unpaired) electrons. The van der Waals surface area contributed by atoms with Gasteiger partial charge < -0.3 is 20.1 Å². The Morgan fingerprint density at radius 3 is 1.13 bits per heavy atom. The maximum atomic E-state index is 11.0. The second-order valence-corrected chi connectivity index (χ2v) is 8.71. The number of hydrogen-bond donors (Lipinski definition) is 3. The molecule has 0 aromatic heterocycles. The Kier molecular flexibility index (Phi) is 30.8. The van der Waals surface area contributed by atoms with Gasteiger partial charge in [-0.1, -0.05) is 122 Å². The van der Waals surface area contributed by atoms with Gasteiger partial charge in [-0.25, -0.2) is 0 Å². The summed E-state index contributed by atoms with van der Waals surface area (Å²) >= 11 is 0. The van der Waals surface area contributed by atoms with E-state index in [4.69, 9.17) is 15.3 Å². The van der Waals surface area contributed by atoms with Gasteiger partial charge in [0, 0.05) is 6.42 Å². The van der Waals surface area contributed by atoms with E-state index in [1.54, 1.807) is 0 Å². The molecule has 0 fully saturated rings. The Morgan fingerprint density at radius 2 is 0.903 bits per heavy atom. The fourth-order valence-electron chi connectivity index (χ4n) is 3.51. The summed E-state index contributed by atoms with van der Waals surface area (Å²) in [6, 6.07) is 0. The number of methoxy groups -OCH3 is 1. The smallest absolute Gasteiger partial charge is 0.305 e. The SMILES string of the molecule is CCCCCCCCCCCCCCCCCCCCCC(=O)OC.OCC(O)CO. The van der Waals surface area contributed by atoms with Gasteiger partial charge in [0.2, 0.25) is 0 Å². The zero-order valence-corrected chi connectivity index (χ0v) is 20.8. The van der Waals surface area contributed by atoms with Crippen LogP contribution in [0, 0.1) is 0 Å². The van der Waals surface area contributed by atoms with Crippen LogP contribution in [-0.2, 0) is 9.53 Å². The van der Waals surface area contributed by atoms with Crippen molar-refractivity contribution < 1.29 is 24.9 Å². The molecule has 188 valence electrons. The molecule has 0 amide bonds. The van der Waals surface area contributed by atoms with E-state index in [-0.39, 0.29) is 19.2 Å². The van der Waals surface area contributed by atoms with Crippen molar-refractivity contribution in [2.75, 3.05) is 20.3 Å². The molecule has 31 heavy (non-hydrogen) atoms. The van der Waals surface area contributed by atoms with Gasteiger partial charge in [0.1, 0.15) is 6.10 Å². The van der Waals surface area contributed by atoms with Gasteiger partial charge in [0.05, 0.1) is 20.3 Å². The number of hydrogen-bond acceptors (Lipinski definition) is 5. The lowest BCUT2D eigenvalue weighted by molar-refractivity contribution is -0.140. The maximum Gasteiger partial charge on any atom is 0.305 e. The first-order valence-corrected chi connectivity index (χ1v) is 13.1. The molecule has 0 aromatic carbocycles. The number of esters is 1. The summed E-state index contributed by atoms with van der Waals surface area (Å²) in [6.45, 7) is 1.56. The van der Waals surface area contributed by atoms with Crippen LogP contribution in [0.3, 0.4) is 0 Å². The van der Waals surface area contributed by atoms with Crippen molar-refractivity contribution in [2.45, 2.75) is 141 Å². The molecule has 5 heteroatoms.